The monoisotopic (exact) mass is 382 g/mol. The average Bonchev–Trinajstić information content (AvgIpc) is 2.68. The van der Waals surface area contributed by atoms with E-state index < -0.39 is 0 Å². The summed E-state index contributed by atoms with van der Waals surface area (Å²) < 4.78 is 5.67. The number of amides is 2. The highest BCUT2D eigenvalue weighted by Gasteiger charge is 2.04. The smallest absolute Gasteiger partial charge is 0.224 e. The van der Waals surface area contributed by atoms with Crippen molar-refractivity contribution in [3.63, 3.8) is 0 Å². The molecule has 0 bridgehead atoms. The van der Waals surface area contributed by atoms with Crippen LogP contribution in [0.3, 0.4) is 0 Å². The van der Waals surface area contributed by atoms with E-state index in [1.165, 1.54) is 5.56 Å². The molecule has 0 fully saturated rings. The number of carbonyl (C=O) groups is 2. The minimum Gasteiger partial charge on any atom is -0.494 e. The molecule has 2 rings (SSSR count). The van der Waals surface area contributed by atoms with Crippen LogP contribution < -0.4 is 15.8 Å². The van der Waals surface area contributed by atoms with E-state index >= 15 is 0 Å². The Balaban J connectivity index is 1.64. The minimum atomic E-state index is -0.365. The summed E-state index contributed by atoms with van der Waals surface area (Å²) in [4.78, 5) is 23.0. The summed E-state index contributed by atoms with van der Waals surface area (Å²) in [6, 6.07) is 15.4. The molecule has 0 aliphatic rings. The van der Waals surface area contributed by atoms with Gasteiger partial charge in [0.25, 0.3) is 0 Å². The summed E-state index contributed by atoms with van der Waals surface area (Å²) >= 11 is 0. The number of anilines is 1. The molecule has 0 saturated heterocycles. The molecule has 2 amide bonds. The highest BCUT2D eigenvalue weighted by Crippen LogP contribution is 2.15. The van der Waals surface area contributed by atoms with Gasteiger partial charge in [-0.2, -0.15) is 0 Å². The topological polar surface area (TPSA) is 81.4 Å². The number of carbonyl (C=O) groups excluding carboxylic acids is 2. The van der Waals surface area contributed by atoms with Gasteiger partial charge in [0.15, 0.2) is 0 Å². The van der Waals surface area contributed by atoms with Gasteiger partial charge in [-0.15, -0.1) is 0 Å². The normalized spacial score (nSPS) is 10.5. The number of ether oxygens (including phenoxy) is 1. The molecule has 0 atom stereocenters. The molecule has 0 unspecified atom stereocenters. The van der Waals surface area contributed by atoms with Crippen LogP contribution in [0.4, 0.5) is 5.69 Å². The fourth-order valence-corrected chi connectivity index (χ4v) is 2.83. The van der Waals surface area contributed by atoms with E-state index in [2.05, 4.69) is 24.4 Å². The summed E-state index contributed by atoms with van der Waals surface area (Å²) in [5.41, 5.74) is 8.00. The van der Waals surface area contributed by atoms with Crippen molar-refractivity contribution in [2.24, 2.45) is 5.73 Å². The van der Waals surface area contributed by atoms with Gasteiger partial charge >= 0.3 is 0 Å². The van der Waals surface area contributed by atoms with E-state index in [9.17, 15) is 9.59 Å². The van der Waals surface area contributed by atoms with Gasteiger partial charge in [0, 0.05) is 12.1 Å². The third kappa shape index (κ3) is 8.25. The summed E-state index contributed by atoms with van der Waals surface area (Å²) in [7, 11) is 0. The maximum absolute atomic E-state index is 12.1. The lowest BCUT2D eigenvalue weighted by Gasteiger charge is -2.07. The van der Waals surface area contributed by atoms with Crippen LogP contribution in [-0.4, -0.2) is 18.4 Å². The predicted octanol–water partition coefficient (Wildman–Crippen LogP) is 4.24. The van der Waals surface area contributed by atoms with Crippen molar-refractivity contribution >= 4 is 17.5 Å². The van der Waals surface area contributed by atoms with Gasteiger partial charge in [-0.1, -0.05) is 37.6 Å². The first kappa shape index (κ1) is 21.5. The van der Waals surface area contributed by atoms with Crippen molar-refractivity contribution in [1.29, 1.82) is 0 Å². The van der Waals surface area contributed by atoms with E-state index in [0.717, 1.165) is 55.7 Å². The number of nitrogens with one attached hydrogen (secondary N) is 1. The van der Waals surface area contributed by atoms with Gasteiger partial charge < -0.3 is 15.8 Å². The Labute approximate surface area is 167 Å². The number of unbranched alkanes of at least 4 members (excludes halogenated alkanes) is 2. The molecule has 0 saturated carbocycles. The van der Waals surface area contributed by atoms with Crippen LogP contribution in [0.1, 0.15) is 50.2 Å². The third-order valence-electron chi connectivity index (χ3n) is 4.43. The van der Waals surface area contributed by atoms with Crippen molar-refractivity contribution in [2.75, 3.05) is 11.9 Å². The van der Waals surface area contributed by atoms with Gasteiger partial charge in [0.2, 0.25) is 11.8 Å². The fourth-order valence-electron chi connectivity index (χ4n) is 2.83. The molecule has 0 aromatic heterocycles. The highest BCUT2D eigenvalue weighted by molar-refractivity contribution is 5.90. The average molecular weight is 383 g/mol. The fraction of sp³-hybridized carbons (Fsp3) is 0.391. The number of rotatable bonds is 12. The second-order valence-electron chi connectivity index (χ2n) is 6.94. The zero-order chi connectivity index (χ0) is 20.2. The lowest BCUT2D eigenvalue weighted by Crippen LogP contribution is -2.14. The van der Waals surface area contributed by atoms with Crippen LogP contribution in [0, 0.1) is 0 Å². The molecule has 2 aromatic carbocycles. The van der Waals surface area contributed by atoms with Crippen LogP contribution in [0.25, 0.3) is 0 Å². The molecule has 28 heavy (non-hydrogen) atoms. The minimum absolute atomic E-state index is 0.00215. The quantitative estimate of drug-likeness (QED) is 0.539. The van der Waals surface area contributed by atoms with Crippen LogP contribution in [0.15, 0.2) is 48.5 Å². The Bertz CT molecular complexity index is 739. The zero-order valence-electron chi connectivity index (χ0n) is 16.6. The number of benzene rings is 2. The summed E-state index contributed by atoms with van der Waals surface area (Å²) in [6.45, 7) is 2.91. The molecule has 3 N–H and O–H groups in total. The first-order valence-corrected chi connectivity index (χ1v) is 9.95. The maximum Gasteiger partial charge on any atom is 0.224 e. The van der Waals surface area contributed by atoms with Gasteiger partial charge in [0.1, 0.15) is 5.75 Å². The Morgan fingerprint density at radius 1 is 0.929 bits per heavy atom. The summed E-state index contributed by atoms with van der Waals surface area (Å²) in [5, 5.41) is 2.88. The zero-order valence-corrected chi connectivity index (χ0v) is 16.6. The van der Waals surface area contributed by atoms with Crippen molar-refractivity contribution in [1.82, 2.24) is 0 Å². The van der Waals surface area contributed by atoms with E-state index in [1.54, 1.807) is 24.3 Å². The highest BCUT2D eigenvalue weighted by atomic mass is 16.5. The molecule has 2 aromatic rings. The predicted molar refractivity (Wildman–Crippen MR) is 112 cm³/mol. The summed E-state index contributed by atoms with van der Waals surface area (Å²) in [5.74, 6) is 0.552. The number of hydrogen-bond acceptors (Lipinski definition) is 3. The van der Waals surface area contributed by atoms with Crippen molar-refractivity contribution in [2.45, 2.75) is 51.9 Å². The Morgan fingerprint density at radius 3 is 2.25 bits per heavy atom. The number of nitrogens with two attached hydrogens (primary N) is 1. The van der Waals surface area contributed by atoms with Crippen LogP contribution in [-0.2, 0) is 22.4 Å². The first-order chi connectivity index (χ1) is 13.6. The number of aryl methyl sites for hydroxylation is 1. The molecular weight excluding hydrogens is 352 g/mol. The molecule has 0 heterocycles. The molecule has 5 nitrogen and oxygen atoms in total. The van der Waals surface area contributed by atoms with Crippen LogP contribution in [0.2, 0.25) is 0 Å². The second kappa shape index (κ2) is 11.8. The van der Waals surface area contributed by atoms with Crippen LogP contribution in [0.5, 0.6) is 5.75 Å². The molecule has 5 heteroatoms. The maximum atomic E-state index is 12.1. The molecular formula is C23H30N2O3. The lowest BCUT2D eigenvalue weighted by molar-refractivity contribution is -0.117. The van der Waals surface area contributed by atoms with E-state index in [1.807, 2.05) is 12.1 Å². The van der Waals surface area contributed by atoms with Crippen LogP contribution >= 0.6 is 0 Å². The van der Waals surface area contributed by atoms with E-state index in [0.29, 0.717) is 6.42 Å². The Morgan fingerprint density at radius 2 is 1.61 bits per heavy atom. The number of hydrogen-bond donors (Lipinski definition) is 2. The van der Waals surface area contributed by atoms with E-state index in [-0.39, 0.29) is 18.2 Å². The largest absolute Gasteiger partial charge is 0.494 e. The number of primary amides is 1. The Kier molecular flexibility index (Phi) is 9.05. The second-order valence-corrected chi connectivity index (χ2v) is 6.94. The Hall–Kier alpha value is -2.82. The molecule has 0 aliphatic carbocycles. The standard InChI is InChI=1S/C23H30N2O3/c1-2-3-16-28-21-14-10-18(11-15-21)6-4-5-7-23(27)25-20-12-8-19(9-13-20)17-22(24)26/h8-15H,2-7,16-17H2,1H3,(H2,24,26)(H,25,27). The van der Waals surface area contributed by atoms with E-state index in [4.69, 9.17) is 10.5 Å². The van der Waals surface area contributed by atoms with Gasteiger partial charge in [-0.05, 0) is 61.1 Å². The summed E-state index contributed by atoms with van der Waals surface area (Å²) in [6.07, 6.45) is 5.64. The van der Waals surface area contributed by atoms with Gasteiger partial charge in [0.05, 0.1) is 13.0 Å². The SMILES string of the molecule is CCCCOc1ccc(CCCCC(=O)Nc2ccc(CC(N)=O)cc2)cc1. The molecule has 0 radical (unpaired) electrons. The van der Waals surface area contributed by atoms with Gasteiger partial charge in [-0.3, -0.25) is 9.59 Å². The lowest BCUT2D eigenvalue weighted by atomic mass is 10.1. The van der Waals surface area contributed by atoms with Crippen molar-refractivity contribution in [3.8, 4) is 5.75 Å². The van der Waals surface area contributed by atoms with Gasteiger partial charge in [-0.25, -0.2) is 0 Å². The van der Waals surface area contributed by atoms with Crippen molar-refractivity contribution in [3.05, 3.63) is 59.7 Å². The molecule has 0 spiro atoms. The molecule has 150 valence electrons. The molecule has 0 aliphatic heterocycles. The third-order valence-corrected chi connectivity index (χ3v) is 4.43. The first-order valence-electron chi connectivity index (χ1n) is 9.95. The van der Waals surface area contributed by atoms with Crippen molar-refractivity contribution < 1.29 is 14.3 Å².